The molecule has 0 aliphatic carbocycles. The molecule has 178 valence electrons. The van der Waals surface area contributed by atoms with Crippen molar-refractivity contribution in [1.82, 2.24) is 20.0 Å². The van der Waals surface area contributed by atoms with Crippen molar-refractivity contribution in [2.75, 3.05) is 66.1 Å². The number of nitrogens with zero attached hydrogens (tertiary/aromatic N) is 3. The maximum absolute atomic E-state index is 12.7. The summed E-state index contributed by atoms with van der Waals surface area (Å²) < 4.78 is 9.79. The molecule has 0 radical (unpaired) electrons. The van der Waals surface area contributed by atoms with Gasteiger partial charge in [0.25, 0.3) is 0 Å². The van der Waals surface area contributed by atoms with Crippen LogP contribution in [0.4, 0.5) is 4.79 Å². The number of halogens is 2. The molecule has 3 saturated heterocycles. The van der Waals surface area contributed by atoms with Gasteiger partial charge in [0.05, 0.1) is 13.2 Å². The van der Waals surface area contributed by atoms with E-state index in [1.165, 1.54) is 26.9 Å². The van der Waals surface area contributed by atoms with Crippen LogP contribution < -0.4 is 5.32 Å². The van der Waals surface area contributed by atoms with E-state index >= 15 is 0 Å². The van der Waals surface area contributed by atoms with Gasteiger partial charge in [-0.1, -0.05) is 0 Å². The number of methoxy groups -OCH3 is 1. The fraction of sp³-hybridized carbons (Fsp3) is 0.900. The van der Waals surface area contributed by atoms with Gasteiger partial charge in [0, 0.05) is 58.8 Å². The zero-order valence-corrected chi connectivity index (χ0v) is 20.3. The van der Waals surface area contributed by atoms with E-state index in [4.69, 9.17) is 4.74 Å². The Morgan fingerprint density at radius 1 is 0.900 bits per heavy atom. The first-order valence-electron chi connectivity index (χ1n) is 10.7. The number of carbonyl (C=O) groups is 2. The van der Waals surface area contributed by atoms with E-state index in [1.807, 2.05) is 11.8 Å². The van der Waals surface area contributed by atoms with Crippen LogP contribution in [-0.2, 0) is 14.3 Å². The van der Waals surface area contributed by atoms with Gasteiger partial charge in [-0.05, 0) is 45.7 Å². The fourth-order valence-corrected chi connectivity index (χ4v) is 4.10. The Morgan fingerprint density at radius 2 is 1.40 bits per heavy atom. The number of likely N-dealkylation sites (tertiary alicyclic amines) is 1. The summed E-state index contributed by atoms with van der Waals surface area (Å²) in [5.74, 6) is -0.245. The minimum Gasteiger partial charge on any atom is -0.469 e. The number of rotatable bonds is 3. The van der Waals surface area contributed by atoms with Crippen molar-refractivity contribution in [3.8, 4) is 0 Å². The maximum Gasteiger partial charge on any atom is 0.320 e. The Labute approximate surface area is 193 Å². The molecule has 3 heterocycles. The SMILES string of the molecule is CCOC1CCN(C(=O)N2CCN(C3CCNCC3)CC2)CC1.COC(C)=O.Cl.Cl. The second-order valence-electron chi connectivity index (χ2n) is 7.62. The minimum atomic E-state index is -0.245. The molecule has 0 atom stereocenters. The molecule has 0 aromatic carbocycles. The maximum atomic E-state index is 12.7. The summed E-state index contributed by atoms with van der Waals surface area (Å²) in [6.07, 6.45) is 4.81. The van der Waals surface area contributed by atoms with Gasteiger partial charge in [-0.3, -0.25) is 9.69 Å². The lowest BCUT2D eigenvalue weighted by molar-refractivity contribution is -0.137. The molecule has 0 aromatic heterocycles. The number of nitrogens with one attached hydrogen (secondary N) is 1. The van der Waals surface area contributed by atoms with Gasteiger partial charge in [-0.2, -0.15) is 0 Å². The first kappa shape index (κ1) is 29.2. The molecule has 0 spiro atoms. The van der Waals surface area contributed by atoms with Gasteiger partial charge in [0.15, 0.2) is 0 Å². The Morgan fingerprint density at radius 3 is 1.87 bits per heavy atom. The normalized spacial score (nSPS) is 20.9. The molecule has 0 aromatic rings. The summed E-state index contributed by atoms with van der Waals surface area (Å²) in [6.45, 7) is 12.0. The van der Waals surface area contributed by atoms with Gasteiger partial charge in [0.2, 0.25) is 0 Å². The van der Waals surface area contributed by atoms with Crippen LogP contribution in [0.2, 0.25) is 0 Å². The number of carbonyl (C=O) groups excluding carboxylic acids is 2. The molecule has 8 nitrogen and oxygen atoms in total. The van der Waals surface area contributed by atoms with Gasteiger partial charge in [-0.25, -0.2) is 4.79 Å². The van der Waals surface area contributed by atoms with Crippen LogP contribution in [0.3, 0.4) is 0 Å². The number of piperazine rings is 1. The number of urea groups is 1. The Hall–Kier alpha value is -0.800. The summed E-state index contributed by atoms with van der Waals surface area (Å²) >= 11 is 0. The summed E-state index contributed by atoms with van der Waals surface area (Å²) in [4.78, 5) is 28.9. The first-order valence-corrected chi connectivity index (χ1v) is 10.7. The first-order chi connectivity index (χ1) is 13.5. The van der Waals surface area contributed by atoms with Crippen molar-refractivity contribution in [2.45, 2.75) is 51.7 Å². The fourth-order valence-electron chi connectivity index (χ4n) is 4.10. The summed E-state index contributed by atoms with van der Waals surface area (Å²) in [6, 6.07) is 0.959. The van der Waals surface area contributed by atoms with Crippen molar-refractivity contribution in [2.24, 2.45) is 0 Å². The van der Waals surface area contributed by atoms with E-state index in [1.54, 1.807) is 0 Å². The molecule has 10 heteroatoms. The van der Waals surface area contributed by atoms with Crippen molar-refractivity contribution < 1.29 is 19.1 Å². The van der Waals surface area contributed by atoms with Crippen LogP contribution in [0.15, 0.2) is 0 Å². The number of amides is 2. The van der Waals surface area contributed by atoms with Crippen molar-refractivity contribution >= 4 is 36.8 Å². The average Bonchev–Trinajstić information content (AvgIpc) is 2.75. The topological polar surface area (TPSA) is 74.3 Å². The lowest BCUT2D eigenvalue weighted by Gasteiger charge is -2.43. The van der Waals surface area contributed by atoms with E-state index in [9.17, 15) is 9.59 Å². The largest absolute Gasteiger partial charge is 0.469 e. The summed E-state index contributed by atoms with van der Waals surface area (Å²) in [5, 5.41) is 3.43. The molecule has 3 aliphatic rings. The number of piperidine rings is 2. The second kappa shape index (κ2) is 15.9. The Balaban J connectivity index is 0.00000108. The van der Waals surface area contributed by atoms with Crippen LogP contribution in [0.5, 0.6) is 0 Å². The standard InChI is InChI=1S/C17H32N4O2.C3H6O2.2ClH/c1-2-23-16-5-9-20(10-6-16)17(22)21-13-11-19(12-14-21)15-3-7-18-8-4-15;1-3(4)5-2;;/h15-16,18H,2-14H2,1H3;1-2H3;2*1H. The van der Waals surface area contributed by atoms with Crippen molar-refractivity contribution in [1.29, 1.82) is 0 Å². The highest BCUT2D eigenvalue weighted by Crippen LogP contribution is 2.18. The molecule has 2 amide bonds. The highest BCUT2D eigenvalue weighted by molar-refractivity contribution is 5.85. The predicted molar refractivity (Wildman–Crippen MR) is 123 cm³/mol. The molecule has 3 aliphatic heterocycles. The average molecular weight is 471 g/mol. The van der Waals surface area contributed by atoms with Crippen LogP contribution >= 0.6 is 24.8 Å². The molecular weight excluding hydrogens is 431 g/mol. The Bertz CT molecular complexity index is 479. The number of esters is 1. The van der Waals surface area contributed by atoms with Gasteiger partial charge in [0.1, 0.15) is 0 Å². The van der Waals surface area contributed by atoms with E-state index in [0.29, 0.717) is 6.10 Å². The number of ether oxygens (including phenoxy) is 2. The number of hydrogen-bond acceptors (Lipinski definition) is 6. The summed E-state index contributed by atoms with van der Waals surface area (Å²) in [5.41, 5.74) is 0. The second-order valence-corrected chi connectivity index (χ2v) is 7.62. The van der Waals surface area contributed by atoms with Crippen LogP contribution in [0.25, 0.3) is 0 Å². The highest BCUT2D eigenvalue weighted by Gasteiger charge is 2.30. The Kier molecular flexibility index (Phi) is 15.5. The van der Waals surface area contributed by atoms with E-state index < -0.39 is 0 Å². The lowest BCUT2D eigenvalue weighted by atomic mass is 10.0. The zero-order valence-electron chi connectivity index (χ0n) is 18.6. The molecule has 3 rings (SSSR count). The molecule has 1 N–H and O–H groups in total. The van der Waals surface area contributed by atoms with Crippen LogP contribution in [0.1, 0.15) is 39.5 Å². The third-order valence-corrected chi connectivity index (χ3v) is 5.81. The molecule has 3 fully saturated rings. The highest BCUT2D eigenvalue weighted by atomic mass is 35.5. The van der Waals surface area contributed by atoms with E-state index in [-0.39, 0.29) is 36.8 Å². The quantitative estimate of drug-likeness (QED) is 0.635. The smallest absolute Gasteiger partial charge is 0.320 e. The molecule has 0 bridgehead atoms. The van der Waals surface area contributed by atoms with Crippen LogP contribution in [-0.4, -0.2) is 105 Å². The lowest BCUT2D eigenvalue weighted by Crippen LogP contribution is -2.57. The van der Waals surface area contributed by atoms with Crippen molar-refractivity contribution in [3.63, 3.8) is 0 Å². The number of hydrogen-bond donors (Lipinski definition) is 1. The van der Waals surface area contributed by atoms with Gasteiger partial charge >= 0.3 is 12.0 Å². The molecule has 30 heavy (non-hydrogen) atoms. The molecular formula is C20H40Cl2N4O4. The minimum absolute atomic E-state index is 0. The predicted octanol–water partition coefficient (Wildman–Crippen LogP) is 2.00. The van der Waals surface area contributed by atoms with Gasteiger partial charge < -0.3 is 24.6 Å². The van der Waals surface area contributed by atoms with E-state index in [0.717, 1.165) is 77.8 Å². The van der Waals surface area contributed by atoms with Crippen LogP contribution in [0, 0.1) is 0 Å². The van der Waals surface area contributed by atoms with E-state index in [2.05, 4.69) is 19.9 Å². The third-order valence-electron chi connectivity index (χ3n) is 5.81. The molecule has 0 unspecified atom stereocenters. The monoisotopic (exact) mass is 470 g/mol. The van der Waals surface area contributed by atoms with Gasteiger partial charge in [-0.15, -0.1) is 24.8 Å². The summed E-state index contributed by atoms with van der Waals surface area (Å²) in [7, 11) is 1.35. The third kappa shape index (κ3) is 9.56. The molecule has 0 saturated carbocycles. The zero-order chi connectivity index (χ0) is 20.4. The van der Waals surface area contributed by atoms with Crippen molar-refractivity contribution in [3.05, 3.63) is 0 Å².